The summed E-state index contributed by atoms with van der Waals surface area (Å²) in [5.74, 6) is -4.23. The number of carboxylic acids is 1. The van der Waals surface area contributed by atoms with Gasteiger partial charge in [-0.3, -0.25) is 4.79 Å². The van der Waals surface area contributed by atoms with E-state index in [4.69, 9.17) is 4.74 Å². The third-order valence-electron chi connectivity index (χ3n) is 5.47. The number of rotatable bonds is 7. The number of hydrogen-bond donors (Lipinski definition) is 2. The highest BCUT2D eigenvalue weighted by Gasteiger charge is 2.66. The minimum atomic E-state index is -4.63. The van der Waals surface area contributed by atoms with Crippen molar-refractivity contribution >= 4 is 11.9 Å². The van der Waals surface area contributed by atoms with Crippen molar-refractivity contribution in [2.24, 2.45) is 5.41 Å². The molecule has 0 aromatic heterocycles. The number of carbonyl (C=O) groups excluding carboxylic acids is 1. The van der Waals surface area contributed by atoms with Crippen LogP contribution in [0.4, 0.5) is 13.2 Å². The van der Waals surface area contributed by atoms with E-state index in [0.717, 1.165) is 0 Å². The molecule has 5 nitrogen and oxygen atoms in total. The van der Waals surface area contributed by atoms with Gasteiger partial charge in [0.15, 0.2) is 0 Å². The summed E-state index contributed by atoms with van der Waals surface area (Å²) in [5.41, 5.74) is -2.65. The molecule has 8 heteroatoms. The summed E-state index contributed by atoms with van der Waals surface area (Å²) in [6, 6.07) is 7.12. The minimum absolute atomic E-state index is 0.0108. The molecule has 0 spiro atoms. The number of ether oxygens (including phenoxy) is 1. The van der Waals surface area contributed by atoms with Crippen molar-refractivity contribution < 1.29 is 32.6 Å². The summed E-state index contributed by atoms with van der Waals surface area (Å²) in [6.07, 6.45) is -5.89. The number of hydrogen-bond acceptors (Lipinski definition) is 3. The van der Waals surface area contributed by atoms with Crippen LogP contribution in [-0.2, 0) is 14.3 Å². The second-order valence-corrected chi connectivity index (χ2v) is 7.34. The number of aliphatic carboxylic acids is 1. The first kappa shape index (κ1) is 21.2. The lowest BCUT2D eigenvalue weighted by Crippen LogP contribution is -2.76. The number of carbonyl (C=O) groups is 2. The molecular formula is C19H24F3NO4. The van der Waals surface area contributed by atoms with Gasteiger partial charge in [-0.2, -0.15) is 13.2 Å². The minimum Gasteiger partial charge on any atom is -0.479 e. The molecule has 1 aliphatic rings. The molecule has 0 radical (unpaired) electrons. The SMILES string of the molecule is CCOC1CC(NC(=O)CC(c2ccccc2)C(F)(F)F)(C(=O)O)C1(C)C. The van der Waals surface area contributed by atoms with Crippen LogP contribution in [-0.4, -0.2) is 41.4 Å². The highest BCUT2D eigenvalue weighted by Crippen LogP contribution is 2.51. The number of benzene rings is 1. The van der Waals surface area contributed by atoms with Gasteiger partial charge in [0.05, 0.1) is 12.0 Å². The molecule has 2 rings (SSSR count). The molecule has 1 aromatic carbocycles. The van der Waals surface area contributed by atoms with E-state index in [9.17, 15) is 27.9 Å². The summed E-state index contributed by atoms with van der Waals surface area (Å²) < 4.78 is 45.8. The number of nitrogens with one attached hydrogen (secondary N) is 1. The zero-order valence-corrected chi connectivity index (χ0v) is 15.5. The summed E-state index contributed by atoms with van der Waals surface area (Å²) >= 11 is 0. The first-order valence-corrected chi connectivity index (χ1v) is 8.73. The molecule has 3 atom stereocenters. The second-order valence-electron chi connectivity index (χ2n) is 7.34. The third kappa shape index (κ3) is 3.95. The topological polar surface area (TPSA) is 75.6 Å². The van der Waals surface area contributed by atoms with Crippen LogP contribution >= 0.6 is 0 Å². The van der Waals surface area contributed by atoms with Crippen molar-refractivity contribution in [3.05, 3.63) is 35.9 Å². The Balaban J connectivity index is 2.20. The molecule has 1 fully saturated rings. The molecule has 1 saturated carbocycles. The van der Waals surface area contributed by atoms with Crippen molar-refractivity contribution in [2.45, 2.75) is 57.3 Å². The monoisotopic (exact) mass is 387 g/mol. The maximum Gasteiger partial charge on any atom is 0.396 e. The molecular weight excluding hydrogens is 363 g/mol. The zero-order chi connectivity index (χ0) is 20.5. The van der Waals surface area contributed by atoms with Crippen molar-refractivity contribution in [3.8, 4) is 0 Å². The van der Waals surface area contributed by atoms with E-state index in [2.05, 4.69) is 5.32 Å². The quantitative estimate of drug-likeness (QED) is 0.751. The number of alkyl halides is 3. The average molecular weight is 387 g/mol. The van der Waals surface area contributed by atoms with Gasteiger partial charge >= 0.3 is 12.1 Å². The van der Waals surface area contributed by atoms with Gasteiger partial charge in [-0.05, 0) is 12.5 Å². The van der Waals surface area contributed by atoms with Crippen LogP contribution in [0.25, 0.3) is 0 Å². The van der Waals surface area contributed by atoms with Crippen LogP contribution in [0.1, 0.15) is 45.1 Å². The normalized spacial score (nSPS) is 25.3. The zero-order valence-electron chi connectivity index (χ0n) is 15.5. The van der Waals surface area contributed by atoms with Gasteiger partial charge in [-0.1, -0.05) is 44.2 Å². The molecule has 0 bridgehead atoms. The fourth-order valence-electron chi connectivity index (χ4n) is 3.62. The van der Waals surface area contributed by atoms with Gasteiger partial charge in [0.25, 0.3) is 0 Å². The van der Waals surface area contributed by atoms with E-state index >= 15 is 0 Å². The van der Waals surface area contributed by atoms with Gasteiger partial charge in [-0.25, -0.2) is 4.79 Å². The first-order valence-electron chi connectivity index (χ1n) is 8.73. The Hall–Kier alpha value is -2.09. The Kier molecular flexibility index (Phi) is 5.89. The molecule has 0 heterocycles. The molecule has 1 amide bonds. The predicted octanol–water partition coefficient (Wildman–Crippen LogP) is 3.50. The van der Waals surface area contributed by atoms with Gasteiger partial charge in [-0.15, -0.1) is 0 Å². The Morgan fingerprint density at radius 1 is 1.30 bits per heavy atom. The average Bonchev–Trinajstić information content (AvgIpc) is 2.58. The largest absolute Gasteiger partial charge is 0.479 e. The molecule has 0 aliphatic heterocycles. The molecule has 150 valence electrons. The van der Waals surface area contributed by atoms with Crippen molar-refractivity contribution in [1.29, 1.82) is 0 Å². The molecule has 2 N–H and O–H groups in total. The summed E-state index contributed by atoms with van der Waals surface area (Å²) in [6.45, 7) is 5.40. The van der Waals surface area contributed by atoms with Gasteiger partial charge in [0.1, 0.15) is 5.54 Å². The summed E-state index contributed by atoms with van der Waals surface area (Å²) in [7, 11) is 0. The van der Waals surface area contributed by atoms with E-state index in [1.165, 1.54) is 24.3 Å². The van der Waals surface area contributed by atoms with Crippen LogP contribution < -0.4 is 5.32 Å². The first-order chi connectivity index (χ1) is 12.5. The lowest BCUT2D eigenvalue weighted by Gasteiger charge is -2.58. The number of amides is 1. The van der Waals surface area contributed by atoms with E-state index in [0.29, 0.717) is 6.61 Å². The van der Waals surface area contributed by atoms with Crippen LogP contribution in [0.2, 0.25) is 0 Å². The molecule has 3 unspecified atom stereocenters. The predicted molar refractivity (Wildman–Crippen MR) is 92.2 cm³/mol. The molecule has 1 aromatic rings. The number of halogens is 3. The van der Waals surface area contributed by atoms with Crippen LogP contribution in [0.15, 0.2) is 30.3 Å². The van der Waals surface area contributed by atoms with Crippen molar-refractivity contribution in [1.82, 2.24) is 5.32 Å². The standard InChI is InChI=1S/C19H24F3NO4/c1-4-27-14-11-18(16(25)26,17(14,2)3)23-15(24)10-13(19(20,21)22)12-8-6-5-7-9-12/h5-9,13-14H,4,10-11H2,1-3H3,(H,23,24)(H,25,26). The van der Waals surface area contributed by atoms with Gasteiger partial charge in [0.2, 0.25) is 5.91 Å². The Bertz CT molecular complexity index is 690. The van der Waals surface area contributed by atoms with Crippen molar-refractivity contribution in [3.63, 3.8) is 0 Å². The smallest absolute Gasteiger partial charge is 0.396 e. The fourth-order valence-corrected chi connectivity index (χ4v) is 3.62. The van der Waals surface area contributed by atoms with Crippen molar-refractivity contribution in [2.75, 3.05) is 6.61 Å². The Morgan fingerprint density at radius 3 is 2.33 bits per heavy atom. The van der Waals surface area contributed by atoms with Gasteiger partial charge < -0.3 is 15.2 Å². The lowest BCUT2D eigenvalue weighted by molar-refractivity contribution is -0.195. The van der Waals surface area contributed by atoms with Gasteiger partial charge in [0, 0.05) is 24.9 Å². The number of carboxylic acid groups (broad SMARTS) is 1. The molecule has 27 heavy (non-hydrogen) atoms. The summed E-state index contributed by atoms with van der Waals surface area (Å²) in [5, 5.41) is 12.0. The summed E-state index contributed by atoms with van der Waals surface area (Å²) in [4.78, 5) is 24.3. The van der Waals surface area contributed by atoms with Crippen LogP contribution in [0.3, 0.4) is 0 Å². The van der Waals surface area contributed by atoms with Crippen LogP contribution in [0, 0.1) is 5.41 Å². The van der Waals surface area contributed by atoms with E-state index in [1.54, 1.807) is 26.8 Å². The third-order valence-corrected chi connectivity index (χ3v) is 5.47. The highest BCUT2D eigenvalue weighted by molar-refractivity contribution is 5.89. The maximum absolute atomic E-state index is 13.5. The maximum atomic E-state index is 13.5. The Morgan fingerprint density at radius 2 is 1.89 bits per heavy atom. The fraction of sp³-hybridized carbons (Fsp3) is 0.579. The lowest BCUT2D eigenvalue weighted by atomic mass is 9.54. The van der Waals surface area contributed by atoms with E-state index < -0.39 is 47.4 Å². The van der Waals surface area contributed by atoms with Crippen LogP contribution in [0.5, 0.6) is 0 Å². The van der Waals surface area contributed by atoms with E-state index in [-0.39, 0.29) is 12.0 Å². The Labute approximate surface area is 155 Å². The molecule has 0 saturated heterocycles. The second kappa shape index (κ2) is 7.50. The highest BCUT2D eigenvalue weighted by atomic mass is 19.4. The molecule has 1 aliphatic carbocycles. The van der Waals surface area contributed by atoms with E-state index in [1.807, 2.05) is 0 Å².